The van der Waals surface area contributed by atoms with Crippen molar-refractivity contribution in [1.29, 1.82) is 0 Å². The minimum absolute atomic E-state index is 0.0982. The van der Waals surface area contributed by atoms with Crippen molar-refractivity contribution in [3.05, 3.63) is 32.4 Å². The zero-order valence-electron chi connectivity index (χ0n) is 8.99. The summed E-state index contributed by atoms with van der Waals surface area (Å²) < 4.78 is 4.88. The van der Waals surface area contributed by atoms with Crippen LogP contribution in [0, 0.1) is 3.70 Å². The van der Waals surface area contributed by atoms with Gasteiger partial charge < -0.3 is 9.13 Å². The quantitative estimate of drug-likeness (QED) is 0.743. The van der Waals surface area contributed by atoms with Crippen molar-refractivity contribution >= 4 is 33.5 Å². The van der Waals surface area contributed by atoms with E-state index in [0.29, 0.717) is 0 Å². The predicted octanol–water partition coefficient (Wildman–Crippen LogP) is 2.53. The van der Waals surface area contributed by atoms with Crippen molar-refractivity contribution in [2.75, 3.05) is 0 Å². The molecule has 80 valence electrons. The number of pyridine rings is 1. The van der Waals surface area contributed by atoms with Crippen molar-refractivity contribution in [3.63, 3.8) is 0 Å². The molecule has 0 bridgehead atoms. The molecule has 0 aromatic carbocycles. The number of aryl methyl sites for hydroxylation is 1. The fraction of sp³-hybridized carbons (Fsp3) is 0.364. The SMILES string of the molecule is CC(C)n1ccc2c(cc(I)n2C)c1=O. The van der Waals surface area contributed by atoms with Crippen molar-refractivity contribution in [2.24, 2.45) is 7.05 Å². The number of hydrogen-bond acceptors (Lipinski definition) is 1. The molecule has 2 aromatic heterocycles. The first-order valence-electron chi connectivity index (χ1n) is 4.88. The van der Waals surface area contributed by atoms with Gasteiger partial charge in [-0.25, -0.2) is 0 Å². The second kappa shape index (κ2) is 3.66. The van der Waals surface area contributed by atoms with Gasteiger partial charge in [-0.3, -0.25) is 4.79 Å². The Morgan fingerprint density at radius 1 is 1.40 bits per heavy atom. The van der Waals surface area contributed by atoms with E-state index in [1.165, 1.54) is 0 Å². The molecule has 0 N–H and O–H groups in total. The number of fused-ring (bicyclic) bond motifs is 1. The first-order chi connectivity index (χ1) is 7.02. The zero-order valence-corrected chi connectivity index (χ0v) is 11.1. The Kier molecular flexibility index (Phi) is 2.62. The average molecular weight is 316 g/mol. The van der Waals surface area contributed by atoms with E-state index in [9.17, 15) is 4.79 Å². The van der Waals surface area contributed by atoms with E-state index in [1.807, 2.05) is 43.8 Å². The van der Waals surface area contributed by atoms with E-state index in [4.69, 9.17) is 0 Å². The van der Waals surface area contributed by atoms with Crippen LogP contribution in [0.3, 0.4) is 0 Å². The Morgan fingerprint density at radius 3 is 2.67 bits per heavy atom. The Morgan fingerprint density at radius 2 is 2.07 bits per heavy atom. The molecule has 2 heterocycles. The van der Waals surface area contributed by atoms with Gasteiger partial charge in [-0.2, -0.15) is 0 Å². The number of nitrogens with zero attached hydrogens (tertiary/aromatic N) is 2. The lowest BCUT2D eigenvalue weighted by Gasteiger charge is -2.09. The highest BCUT2D eigenvalue weighted by molar-refractivity contribution is 14.1. The number of rotatable bonds is 1. The van der Waals surface area contributed by atoms with Crippen LogP contribution >= 0.6 is 22.6 Å². The molecule has 15 heavy (non-hydrogen) atoms. The Hall–Kier alpha value is -0.780. The first kappa shape index (κ1) is 10.7. The number of halogens is 1. The summed E-state index contributed by atoms with van der Waals surface area (Å²) in [7, 11) is 1.98. The lowest BCUT2D eigenvalue weighted by atomic mass is 10.3. The molecular formula is C11H13IN2O. The highest BCUT2D eigenvalue weighted by Crippen LogP contribution is 2.17. The van der Waals surface area contributed by atoms with Gasteiger partial charge in [0.1, 0.15) is 0 Å². The maximum Gasteiger partial charge on any atom is 0.260 e. The summed E-state index contributed by atoms with van der Waals surface area (Å²) in [6.07, 6.45) is 1.87. The third-order valence-electron chi connectivity index (χ3n) is 2.64. The molecule has 0 amide bonds. The summed E-state index contributed by atoms with van der Waals surface area (Å²) in [5, 5.41) is 0.804. The van der Waals surface area contributed by atoms with Gasteiger partial charge in [0.05, 0.1) is 14.6 Å². The molecule has 0 aliphatic heterocycles. The van der Waals surface area contributed by atoms with E-state index in [2.05, 4.69) is 22.6 Å². The summed E-state index contributed by atoms with van der Waals surface area (Å²) in [6.45, 7) is 4.03. The summed E-state index contributed by atoms with van der Waals surface area (Å²) in [5.74, 6) is 0. The van der Waals surface area contributed by atoms with Crippen LogP contribution in [0.1, 0.15) is 19.9 Å². The van der Waals surface area contributed by atoms with E-state index in [-0.39, 0.29) is 11.6 Å². The molecule has 0 saturated heterocycles. The molecule has 0 atom stereocenters. The van der Waals surface area contributed by atoms with Crippen LogP contribution in [0.15, 0.2) is 23.1 Å². The molecule has 3 nitrogen and oxygen atoms in total. The molecule has 0 spiro atoms. The first-order valence-corrected chi connectivity index (χ1v) is 5.96. The predicted molar refractivity (Wildman–Crippen MR) is 70.3 cm³/mol. The van der Waals surface area contributed by atoms with Gasteiger partial charge in [0.2, 0.25) is 0 Å². The third kappa shape index (κ3) is 1.60. The van der Waals surface area contributed by atoms with Crippen molar-refractivity contribution in [3.8, 4) is 0 Å². The van der Waals surface area contributed by atoms with E-state index < -0.39 is 0 Å². The third-order valence-corrected chi connectivity index (χ3v) is 3.67. The van der Waals surface area contributed by atoms with Gasteiger partial charge in [0.15, 0.2) is 0 Å². The van der Waals surface area contributed by atoms with Crippen molar-refractivity contribution in [1.82, 2.24) is 9.13 Å². The second-order valence-corrected chi connectivity index (χ2v) is 5.05. The molecule has 4 heteroatoms. The van der Waals surface area contributed by atoms with Gasteiger partial charge in [0, 0.05) is 19.3 Å². The number of aromatic nitrogens is 2. The minimum atomic E-state index is 0.0982. The number of hydrogen-bond donors (Lipinski definition) is 0. The maximum absolute atomic E-state index is 12.1. The van der Waals surface area contributed by atoms with Crippen LogP contribution < -0.4 is 5.56 Å². The molecule has 0 aliphatic rings. The van der Waals surface area contributed by atoms with Crippen LogP contribution in [0.25, 0.3) is 10.9 Å². The van der Waals surface area contributed by atoms with Gasteiger partial charge in [0.25, 0.3) is 5.56 Å². The van der Waals surface area contributed by atoms with Crippen LogP contribution in [0.2, 0.25) is 0 Å². The fourth-order valence-corrected chi connectivity index (χ4v) is 2.29. The van der Waals surface area contributed by atoms with Gasteiger partial charge in [-0.15, -0.1) is 0 Å². The van der Waals surface area contributed by atoms with Gasteiger partial charge >= 0.3 is 0 Å². The monoisotopic (exact) mass is 316 g/mol. The standard InChI is InChI=1S/C11H13IN2O/c1-7(2)14-5-4-9-8(11(14)15)6-10(12)13(9)3/h4-7H,1-3H3. The van der Waals surface area contributed by atoms with Crippen LogP contribution in [-0.4, -0.2) is 9.13 Å². The smallest absolute Gasteiger partial charge is 0.260 e. The molecule has 0 radical (unpaired) electrons. The molecule has 0 aliphatic carbocycles. The van der Waals surface area contributed by atoms with E-state index >= 15 is 0 Å². The normalized spacial score (nSPS) is 11.5. The van der Waals surface area contributed by atoms with Gasteiger partial charge in [-0.1, -0.05) is 0 Å². The highest BCUT2D eigenvalue weighted by atomic mass is 127. The molecule has 0 saturated carbocycles. The summed E-state index contributed by atoms with van der Waals surface area (Å²) in [6, 6.07) is 4.15. The molecule has 0 fully saturated rings. The lowest BCUT2D eigenvalue weighted by molar-refractivity contribution is 0.582. The zero-order chi connectivity index (χ0) is 11.2. The molecule has 2 rings (SSSR count). The maximum atomic E-state index is 12.1. The van der Waals surface area contributed by atoms with E-state index in [0.717, 1.165) is 14.6 Å². The Labute approximate surface area is 102 Å². The largest absolute Gasteiger partial charge is 0.339 e. The minimum Gasteiger partial charge on any atom is -0.339 e. The lowest BCUT2D eigenvalue weighted by Crippen LogP contribution is -2.20. The summed E-state index contributed by atoms with van der Waals surface area (Å²) in [5.41, 5.74) is 1.10. The van der Waals surface area contributed by atoms with Crippen molar-refractivity contribution in [2.45, 2.75) is 19.9 Å². The molecular weight excluding hydrogens is 303 g/mol. The molecule has 0 unspecified atom stereocenters. The summed E-state index contributed by atoms with van der Waals surface area (Å²) >= 11 is 2.24. The Bertz CT molecular complexity index is 566. The van der Waals surface area contributed by atoms with Gasteiger partial charge in [-0.05, 0) is 48.6 Å². The average Bonchev–Trinajstić information content (AvgIpc) is 2.45. The fourth-order valence-electron chi connectivity index (χ4n) is 1.72. The van der Waals surface area contributed by atoms with Crippen LogP contribution in [0.4, 0.5) is 0 Å². The van der Waals surface area contributed by atoms with Crippen LogP contribution in [-0.2, 0) is 7.05 Å². The van der Waals surface area contributed by atoms with Crippen molar-refractivity contribution < 1.29 is 0 Å². The van der Waals surface area contributed by atoms with E-state index in [1.54, 1.807) is 4.57 Å². The highest BCUT2D eigenvalue weighted by Gasteiger charge is 2.09. The topological polar surface area (TPSA) is 26.9 Å². The van der Waals surface area contributed by atoms with Crippen LogP contribution in [0.5, 0.6) is 0 Å². The second-order valence-electron chi connectivity index (χ2n) is 3.95. The molecule has 2 aromatic rings. The summed E-state index contributed by atoms with van der Waals surface area (Å²) in [4.78, 5) is 12.1. The Balaban J connectivity index is 2.86.